The highest BCUT2D eigenvalue weighted by Gasteiger charge is 2.59. The van der Waals surface area contributed by atoms with Crippen LogP contribution in [0.3, 0.4) is 0 Å². The molecule has 33 heavy (non-hydrogen) atoms. The fourth-order valence-electron chi connectivity index (χ4n) is 8.07. The van der Waals surface area contributed by atoms with E-state index in [-0.39, 0.29) is 29.2 Å². The van der Waals surface area contributed by atoms with Gasteiger partial charge in [-0.1, -0.05) is 20.3 Å². The summed E-state index contributed by atoms with van der Waals surface area (Å²) < 4.78 is 0. The summed E-state index contributed by atoms with van der Waals surface area (Å²) in [5, 5.41) is 8.92. The van der Waals surface area contributed by atoms with Gasteiger partial charge in [-0.15, -0.1) is 0 Å². The van der Waals surface area contributed by atoms with Crippen molar-refractivity contribution in [1.82, 2.24) is 5.32 Å². The van der Waals surface area contributed by atoms with Crippen LogP contribution in [0.5, 0.6) is 0 Å². The van der Waals surface area contributed by atoms with Gasteiger partial charge in [0.25, 0.3) is 0 Å². The molecule has 3 amide bonds. The first-order chi connectivity index (χ1) is 15.7. The van der Waals surface area contributed by atoms with Crippen LogP contribution in [0.15, 0.2) is 24.3 Å². The average Bonchev–Trinajstić information content (AvgIpc) is 3.16. The molecule has 4 aliphatic rings. The molecule has 4 fully saturated rings. The summed E-state index contributed by atoms with van der Waals surface area (Å²) in [4.78, 5) is 37.4. The summed E-state index contributed by atoms with van der Waals surface area (Å²) in [5.74, 6) is 0.943. The molecule has 6 nitrogen and oxygen atoms in total. The normalized spacial score (nSPS) is 39.5. The maximum Gasteiger partial charge on any atom is 0.236 e. The summed E-state index contributed by atoms with van der Waals surface area (Å²) in [6.07, 6.45) is 9.45. The molecular formula is C27H37N3O3. The number of fused-ring (bicyclic) bond motifs is 5. The van der Waals surface area contributed by atoms with Gasteiger partial charge in [-0.3, -0.25) is 14.4 Å². The van der Waals surface area contributed by atoms with E-state index < -0.39 is 5.92 Å². The molecule has 0 radical (unpaired) electrons. The van der Waals surface area contributed by atoms with E-state index in [2.05, 4.69) is 29.8 Å². The number of carbonyl (C=O) groups is 3. The van der Waals surface area contributed by atoms with Gasteiger partial charge in [0.1, 0.15) is 5.92 Å². The lowest BCUT2D eigenvalue weighted by molar-refractivity contribution is -0.148. The third-order valence-electron chi connectivity index (χ3n) is 9.72. The zero-order chi connectivity index (χ0) is 23.4. The zero-order valence-electron chi connectivity index (χ0n) is 20.1. The summed E-state index contributed by atoms with van der Waals surface area (Å²) in [6, 6.07) is 7.20. The number of carbonyl (C=O) groups excluding carboxylic acids is 3. The Morgan fingerprint density at radius 2 is 1.64 bits per heavy atom. The third kappa shape index (κ3) is 3.85. The fourth-order valence-corrected chi connectivity index (χ4v) is 8.07. The number of hydrogen-bond donors (Lipinski definition) is 3. The smallest absolute Gasteiger partial charge is 0.236 e. The van der Waals surface area contributed by atoms with E-state index in [4.69, 9.17) is 0 Å². The van der Waals surface area contributed by atoms with Crippen LogP contribution in [0.4, 0.5) is 11.4 Å². The van der Waals surface area contributed by atoms with Crippen molar-refractivity contribution < 1.29 is 14.4 Å². The lowest BCUT2D eigenvalue weighted by Gasteiger charge is -2.60. The second kappa shape index (κ2) is 8.14. The van der Waals surface area contributed by atoms with E-state index in [1.807, 2.05) is 0 Å². The number of piperidine rings is 1. The van der Waals surface area contributed by atoms with Gasteiger partial charge >= 0.3 is 0 Å². The predicted octanol–water partition coefficient (Wildman–Crippen LogP) is 4.72. The average molecular weight is 452 g/mol. The molecule has 5 rings (SSSR count). The van der Waals surface area contributed by atoms with Crippen molar-refractivity contribution in [3.63, 3.8) is 0 Å². The highest BCUT2D eigenvalue weighted by Crippen LogP contribution is 2.64. The standard InChI is InChI=1S/C27H37N3O3/c1-16(31)28-17-6-8-18(9-7-17)29-24(32)20-15-27(3)22-12-14-26(2)13-4-5-21(26)19(22)10-11-23(27)30-25(20)33/h6-9,19-23H,4-5,10-15H2,1-3H3,(H,28,31)(H,29,32)(H,30,33)/t19-,20?,21-,22+,23?,26-,27+/m0/s1. The van der Waals surface area contributed by atoms with E-state index in [1.165, 1.54) is 45.4 Å². The Morgan fingerprint density at radius 1 is 0.939 bits per heavy atom. The van der Waals surface area contributed by atoms with E-state index >= 15 is 0 Å². The van der Waals surface area contributed by atoms with Gasteiger partial charge in [-0.2, -0.15) is 0 Å². The Kier molecular flexibility index (Phi) is 5.53. The van der Waals surface area contributed by atoms with Crippen LogP contribution in [-0.4, -0.2) is 23.8 Å². The summed E-state index contributed by atoms with van der Waals surface area (Å²) in [7, 11) is 0. The molecule has 3 aliphatic carbocycles. The Hall–Kier alpha value is -2.37. The van der Waals surface area contributed by atoms with Crippen LogP contribution in [0.2, 0.25) is 0 Å². The molecule has 7 atom stereocenters. The summed E-state index contributed by atoms with van der Waals surface area (Å²) in [6.45, 7) is 6.31. The molecule has 2 unspecified atom stereocenters. The Bertz CT molecular complexity index is 960. The van der Waals surface area contributed by atoms with Gasteiger partial charge in [0.2, 0.25) is 17.7 Å². The van der Waals surface area contributed by atoms with Gasteiger partial charge in [-0.05, 0) is 97.8 Å². The number of hydrogen-bond acceptors (Lipinski definition) is 3. The topological polar surface area (TPSA) is 87.3 Å². The Labute approximate surface area is 196 Å². The minimum atomic E-state index is -0.670. The van der Waals surface area contributed by atoms with E-state index in [0.717, 1.165) is 18.3 Å². The monoisotopic (exact) mass is 451 g/mol. The molecule has 0 spiro atoms. The van der Waals surface area contributed by atoms with Crippen molar-refractivity contribution in [1.29, 1.82) is 0 Å². The number of anilines is 2. The van der Waals surface area contributed by atoms with Crippen molar-refractivity contribution in [2.24, 2.45) is 34.5 Å². The van der Waals surface area contributed by atoms with Gasteiger partial charge in [0.15, 0.2) is 0 Å². The largest absolute Gasteiger partial charge is 0.352 e. The fraction of sp³-hybridized carbons (Fsp3) is 0.667. The number of nitrogens with one attached hydrogen (secondary N) is 3. The van der Waals surface area contributed by atoms with E-state index in [9.17, 15) is 14.4 Å². The quantitative estimate of drug-likeness (QED) is 0.581. The minimum Gasteiger partial charge on any atom is -0.352 e. The first kappa shape index (κ1) is 22.4. The van der Waals surface area contributed by atoms with Crippen LogP contribution in [0.25, 0.3) is 0 Å². The predicted molar refractivity (Wildman–Crippen MR) is 128 cm³/mol. The van der Waals surface area contributed by atoms with Crippen LogP contribution >= 0.6 is 0 Å². The highest BCUT2D eigenvalue weighted by atomic mass is 16.2. The maximum absolute atomic E-state index is 13.2. The Morgan fingerprint density at radius 3 is 2.33 bits per heavy atom. The lowest BCUT2D eigenvalue weighted by Crippen LogP contribution is -2.64. The molecule has 178 valence electrons. The maximum atomic E-state index is 13.2. The van der Waals surface area contributed by atoms with E-state index in [1.54, 1.807) is 24.3 Å². The van der Waals surface area contributed by atoms with Gasteiger partial charge in [0.05, 0.1) is 0 Å². The number of benzene rings is 1. The van der Waals surface area contributed by atoms with Crippen molar-refractivity contribution in [3.05, 3.63) is 24.3 Å². The van der Waals surface area contributed by atoms with E-state index in [0.29, 0.717) is 29.1 Å². The Balaban J connectivity index is 1.32. The molecule has 1 aromatic carbocycles. The van der Waals surface area contributed by atoms with Crippen LogP contribution in [0, 0.1) is 34.5 Å². The molecule has 1 heterocycles. The molecular weight excluding hydrogens is 414 g/mol. The van der Waals surface area contributed by atoms with Crippen LogP contribution < -0.4 is 16.0 Å². The lowest BCUT2D eigenvalue weighted by atomic mass is 9.47. The molecule has 1 aliphatic heterocycles. The van der Waals surface area contributed by atoms with Crippen molar-refractivity contribution in [2.45, 2.75) is 78.2 Å². The van der Waals surface area contributed by atoms with Crippen LogP contribution in [0.1, 0.15) is 72.1 Å². The second-order valence-electron chi connectivity index (χ2n) is 11.6. The number of rotatable bonds is 3. The second-order valence-corrected chi connectivity index (χ2v) is 11.6. The van der Waals surface area contributed by atoms with Crippen molar-refractivity contribution in [2.75, 3.05) is 10.6 Å². The van der Waals surface area contributed by atoms with Gasteiger partial charge in [0, 0.05) is 24.3 Å². The summed E-state index contributed by atoms with van der Waals surface area (Å²) in [5.41, 5.74) is 1.78. The zero-order valence-corrected chi connectivity index (χ0v) is 20.1. The molecule has 0 bridgehead atoms. The van der Waals surface area contributed by atoms with Crippen LogP contribution in [-0.2, 0) is 14.4 Å². The first-order valence-corrected chi connectivity index (χ1v) is 12.7. The molecule has 1 saturated heterocycles. The summed E-state index contributed by atoms with van der Waals surface area (Å²) >= 11 is 0. The SMILES string of the molecule is CC(=O)Nc1ccc(NC(=O)C2C[C@@]3(C)C(CC[C@@H]4[C@H]3CC[C@]3(C)CCC[C@@H]43)NC2=O)cc1. The minimum absolute atomic E-state index is 0.0297. The molecule has 6 heteroatoms. The molecule has 0 aromatic heterocycles. The van der Waals surface area contributed by atoms with Gasteiger partial charge < -0.3 is 16.0 Å². The molecule has 1 aromatic rings. The van der Waals surface area contributed by atoms with Crippen molar-refractivity contribution >= 4 is 29.1 Å². The van der Waals surface area contributed by atoms with Gasteiger partial charge in [-0.25, -0.2) is 0 Å². The third-order valence-corrected chi connectivity index (χ3v) is 9.72. The number of amides is 3. The molecule has 3 N–H and O–H groups in total. The first-order valence-electron chi connectivity index (χ1n) is 12.7. The highest BCUT2D eigenvalue weighted by molar-refractivity contribution is 6.07. The van der Waals surface area contributed by atoms with Crippen molar-refractivity contribution in [3.8, 4) is 0 Å². The molecule has 3 saturated carbocycles.